The maximum Gasteiger partial charge on any atom is 0.407 e. The Morgan fingerprint density at radius 2 is 1.51 bits per heavy atom. The molecule has 1 amide bonds. The number of hydrogen-bond acceptors (Lipinski definition) is 7. The molecule has 0 radical (unpaired) electrons. The van der Waals surface area contributed by atoms with Crippen LogP contribution in [0.3, 0.4) is 0 Å². The van der Waals surface area contributed by atoms with Gasteiger partial charge in [0.05, 0.1) is 45.7 Å². The zero-order valence-electron chi connectivity index (χ0n) is 45.2. The SMILES string of the molecule is CCCCCC=CCC=CCCCCCCCCOCC(CN1CCCC1C)OCCOCCOCCNC(=O)O[C@H]1CC[C@@]2(C)C(=CC[C@H]3[C@@H]4CC[C@H]([C@H](C)CCCC(C)C)[C@@]4(C)CC[C@@H]32)C1. The summed E-state index contributed by atoms with van der Waals surface area (Å²) in [6.07, 6.45) is 43.3. The number of unbranched alkanes of at least 4 members (excludes halogenated alkanes) is 9. The highest BCUT2D eigenvalue weighted by atomic mass is 16.6. The van der Waals surface area contributed by atoms with Gasteiger partial charge in [0, 0.05) is 32.2 Å². The average molecular weight is 952 g/mol. The molecule has 5 aliphatic rings. The van der Waals surface area contributed by atoms with E-state index >= 15 is 0 Å². The van der Waals surface area contributed by atoms with Crippen LogP contribution < -0.4 is 5.32 Å². The quantitative estimate of drug-likeness (QED) is 0.0501. The summed E-state index contributed by atoms with van der Waals surface area (Å²) in [5.74, 6) is 5.03. The second kappa shape index (κ2) is 31.7. The lowest BCUT2D eigenvalue weighted by molar-refractivity contribution is -0.0583. The topological polar surface area (TPSA) is 78.5 Å². The summed E-state index contributed by atoms with van der Waals surface area (Å²) in [5.41, 5.74) is 2.34. The first kappa shape index (κ1) is 57.2. The van der Waals surface area contributed by atoms with Gasteiger partial charge in [-0.1, -0.05) is 135 Å². The smallest absolute Gasteiger partial charge is 0.407 e. The maximum atomic E-state index is 12.9. The van der Waals surface area contributed by atoms with Crippen molar-refractivity contribution in [3.63, 3.8) is 0 Å². The minimum Gasteiger partial charge on any atom is -0.446 e. The molecule has 0 aromatic carbocycles. The summed E-state index contributed by atoms with van der Waals surface area (Å²) >= 11 is 0. The third-order valence-electron chi connectivity index (χ3n) is 17.9. The van der Waals surface area contributed by atoms with Crippen molar-refractivity contribution in [3.05, 3.63) is 36.0 Å². The van der Waals surface area contributed by atoms with E-state index in [0.29, 0.717) is 57.6 Å². The van der Waals surface area contributed by atoms with Gasteiger partial charge in [-0.25, -0.2) is 4.79 Å². The lowest BCUT2D eigenvalue weighted by Gasteiger charge is -2.58. The Bertz CT molecular complexity index is 1460. The number of ether oxygens (including phenoxy) is 5. The molecule has 0 aromatic rings. The number of fused-ring (bicyclic) bond motifs is 5. The standard InChI is InChI=1S/C60H106N2O6/c1-8-9-10-11-12-13-14-15-16-17-18-19-20-21-22-23-39-66-47-53(46-62-38-25-28-50(62)5)67-44-43-65-42-41-64-40-37-61-58(63)68-52-33-35-59(6)51(45-52)29-30-54-56-32-31-55(49(4)27-24-26-48(2)3)60(56,7)36-34-57(54)59/h12-13,15-16,29,48-50,52-57H,8-11,14,17-28,30-47H2,1-7H3,(H,61,63)/t49-,50?,52+,53?,54+,55-,56+,57+,59+,60-/m1/s1. The summed E-state index contributed by atoms with van der Waals surface area (Å²) in [5, 5.41) is 2.94. The third-order valence-corrected chi connectivity index (χ3v) is 17.9. The molecule has 0 bridgehead atoms. The molecule has 10 atom stereocenters. The number of allylic oxidation sites excluding steroid dienone is 5. The van der Waals surface area contributed by atoms with Gasteiger partial charge in [-0.2, -0.15) is 0 Å². The zero-order valence-corrected chi connectivity index (χ0v) is 45.2. The highest BCUT2D eigenvalue weighted by molar-refractivity contribution is 5.67. The van der Waals surface area contributed by atoms with Crippen LogP contribution in [0.15, 0.2) is 36.0 Å². The summed E-state index contributed by atoms with van der Waals surface area (Å²) in [7, 11) is 0. The molecule has 392 valence electrons. The number of alkyl carbamates (subject to hydrolysis) is 1. The molecule has 3 saturated carbocycles. The molecule has 1 saturated heterocycles. The number of carbonyl (C=O) groups is 1. The Hall–Kier alpha value is -1.71. The van der Waals surface area contributed by atoms with Crippen molar-refractivity contribution < 1.29 is 28.5 Å². The molecule has 5 rings (SSSR count). The predicted molar refractivity (Wildman–Crippen MR) is 283 cm³/mol. The van der Waals surface area contributed by atoms with Crippen LogP contribution in [0.5, 0.6) is 0 Å². The number of rotatable bonds is 35. The lowest BCUT2D eigenvalue weighted by Crippen LogP contribution is -2.51. The Balaban J connectivity index is 0.867. The monoisotopic (exact) mass is 951 g/mol. The van der Waals surface area contributed by atoms with Crippen LogP contribution in [0.4, 0.5) is 4.79 Å². The first-order chi connectivity index (χ1) is 33.0. The highest BCUT2D eigenvalue weighted by Crippen LogP contribution is 2.67. The van der Waals surface area contributed by atoms with Gasteiger partial charge in [0.1, 0.15) is 6.10 Å². The van der Waals surface area contributed by atoms with E-state index in [1.165, 1.54) is 128 Å². The number of nitrogens with zero attached hydrogens (tertiary/aromatic N) is 1. The molecule has 4 aliphatic carbocycles. The van der Waals surface area contributed by atoms with E-state index in [1.54, 1.807) is 5.57 Å². The minimum absolute atomic E-state index is 0.0376. The Morgan fingerprint density at radius 3 is 2.26 bits per heavy atom. The summed E-state index contributed by atoms with van der Waals surface area (Å²) in [6.45, 7) is 23.6. The number of amides is 1. The molecular formula is C60H106N2O6. The summed E-state index contributed by atoms with van der Waals surface area (Å²) < 4.78 is 30.1. The van der Waals surface area contributed by atoms with E-state index in [4.69, 9.17) is 23.7 Å². The predicted octanol–water partition coefficient (Wildman–Crippen LogP) is 14.9. The van der Waals surface area contributed by atoms with E-state index in [9.17, 15) is 4.79 Å². The molecule has 1 heterocycles. The fraction of sp³-hybridized carbons (Fsp3) is 0.883. The molecule has 0 spiro atoms. The van der Waals surface area contributed by atoms with Crippen molar-refractivity contribution in [2.75, 3.05) is 65.9 Å². The van der Waals surface area contributed by atoms with Gasteiger partial charge in [-0.05, 0) is 156 Å². The molecule has 1 aliphatic heterocycles. The van der Waals surface area contributed by atoms with Crippen molar-refractivity contribution in [1.82, 2.24) is 10.2 Å². The second-order valence-corrected chi connectivity index (χ2v) is 23.3. The van der Waals surface area contributed by atoms with Gasteiger partial charge in [-0.15, -0.1) is 0 Å². The van der Waals surface area contributed by atoms with Gasteiger partial charge < -0.3 is 29.0 Å². The van der Waals surface area contributed by atoms with E-state index in [-0.39, 0.29) is 23.7 Å². The third kappa shape index (κ3) is 18.7. The van der Waals surface area contributed by atoms with Crippen molar-refractivity contribution in [1.29, 1.82) is 0 Å². The van der Waals surface area contributed by atoms with Crippen molar-refractivity contribution in [2.45, 2.75) is 227 Å². The summed E-state index contributed by atoms with van der Waals surface area (Å²) in [4.78, 5) is 15.4. The number of likely N-dealkylation sites (tertiary alicyclic amines) is 1. The lowest BCUT2D eigenvalue weighted by atomic mass is 9.47. The molecule has 1 N–H and O–H groups in total. The highest BCUT2D eigenvalue weighted by Gasteiger charge is 2.59. The second-order valence-electron chi connectivity index (χ2n) is 23.3. The van der Waals surface area contributed by atoms with E-state index in [1.807, 2.05) is 0 Å². The van der Waals surface area contributed by atoms with E-state index in [2.05, 4.69) is 89.1 Å². The Kier molecular flexibility index (Phi) is 26.6. The molecule has 2 unspecified atom stereocenters. The molecule has 68 heavy (non-hydrogen) atoms. The normalized spacial score (nSPS) is 29.3. The van der Waals surface area contributed by atoms with Gasteiger partial charge >= 0.3 is 6.09 Å². The van der Waals surface area contributed by atoms with E-state index < -0.39 is 0 Å². The van der Waals surface area contributed by atoms with Crippen LogP contribution in [0.25, 0.3) is 0 Å². The average Bonchev–Trinajstić information content (AvgIpc) is 3.90. The van der Waals surface area contributed by atoms with Gasteiger partial charge in [-0.3, -0.25) is 4.90 Å². The van der Waals surface area contributed by atoms with Crippen molar-refractivity contribution >= 4 is 6.09 Å². The largest absolute Gasteiger partial charge is 0.446 e. The molecule has 8 nitrogen and oxygen atoms in total. The van der Waals surface area contributed by atoms with Crippen LogP contribution >= 0.6 is 0 Å². The van der Waals surface area contributed by atoms with Crippen LogP contribution in [-0.2, 0) is 23.7 Å². The molecular weight excluding hydrogens is 845 g/mol. The zero-order chi connectivity index (χ0) is 48.5. The Labute approximate surface area is 418 Å². The number of nitrogens with one attached hydrogen (secondary N) is 1. The van der Waals surface area contributed by atoms with E-state index in [0.717, 1.165) is 87.3 Å². The van der Waals surface area contributed by atoms with Crippen LogP contribution in [-0.4, -0.2) is 95.1 Å². The number of carbonyl (C=O) groups excluding carboxylic acids is 1. The van der Waals surface area contributed by atoms with Gasteiger partial charge in [0.25, 0.3) is 0 Å². The van der Waals surface area contributed by atoms with Gasteiger partial charge in [0.15, 0.2) is 0 Å². The summed E-state index contributed by atoms with van der Waals surface area (Å²) in [6, 6.07) is 0.608. The van der Waals surface area contributed by atoms with Crippen LogP contribution in [0, 0.1) is 46.3 Å². The fourth-order valence-corrected chi connectivity index (χ4v) is 13.9. The Morgan fingerprint density at radius 1 is 0.779 bits per heavy atom. The number of hydrogen-bond donors (Lipinski definition) is 1. The first-order valence-corrected chi connectivity index (χ1v) is 29.1. The van der Waals surface area contributed by atoms with Crippen molar-refractivity contribution in [3.8, 4) is 0 Å². The fourth-order valence-electron chi connectivity index (χ4n) is 13.9. The van der Waals surface area contributed by atoms with Crippen molar-refractivity contribution in [2.24, 2.45) is 46.3 Å². The first-order valence-electron chi connectivity index (χ1n) is 29.1. The molecule has 0 aromatic heterocycles. The minimum atomic E-state index is -0.318. The molecule has 8 heteroatoms. The van der Waals surface area contributed by atoms with Gasteiger partial charge in [0.2, 0.25) is 0 Å². The van der Waals surface area contributed by atoms with Crippen LogP contribution in [0.2, 0.25) is 0 Å². The molecule has 4 fully saturated rings. The van der Waals surface area contributed by atoms with Crippen LogP contribution in [0.1, 0.15) is 209 Å². The maximum absolute atomic E-state index is 12.9.